The lowest BCUT2D eigenvalue weighted by Crippen LogP contribution is -2.54. The van der Waals surface area contributed by atoms with E-state index in [1.165, 1.54) is 0 Å². The number of urea groups is 1. The number of hydrogen-bond acceptors (Lipinski definition) is 4. The summed E-state index contributed by atoms with van der Waals surface area (Å²) in [5.41, 5.74) is 0.812. The normalized spacial score (nSPS) is 17.1. The molecule has 0 radical (unpaired) electrons. The quantitative estimate of drug-likeness (QED) is 0.682. The zero-order chi connectivity index (χ0) is 21.6. The highest BCUT2D eigenvalue weighted by molar-refractivity contribution is 5.97. The van der Waals surface area contributed by atoms with Gasteiger partial charge in [0.25, 0.3) is 5.91 Å². The van der Waals surface area contributed by atoms with Crippen molar-refractivity contribution in [3.05, 3.63) is 29.8 Å². The molecule has 0 spiro atoms. The Morgan fingerprint density at radius 3 is 2.34 bits per heavy atom. The van der Waals surface area contributed by atoms with Crippen LogP contribution in [0.2, 0.25) is 0 Å². The summed E-state index contributed by atoms with van der Waals surface area (Å²) in [5, 5.41) is 8.78. The molecule has 1 atom stereocenters. The van der Waals surface area contributed by atoms with Crippen molar-refractivity contribution in [2.24, 2.45) is 5.92 Å². The van der Waals surface area contributed by atoms with Crippen molar-refractivity contribution < 1.29 is 9.59 Å². The number of benzene rings is 1. The molecular formula is C22H37N5O2. The van der Waals surface area contributed by atoms with Crippen LogP contribution in [0.1, 0.15) is 45.0 Å². The van der Waals surface area contributed by atoms with Crippen LogP contribution in [0.4, 0.5) is 10.5 Å². The first-order valence-electron chi connectivity index (χ1n) is 10.4. The van der Waals surface area contributed by atoms with E-state index >= 15 is 0 Å². The molecule has 1 unspecified atom stereocenters. The smallest absolute Gasteiger partial charge is 0.319 e. The van der Waals surface area contributed by atoms with Gasteiger partial charge in [-0.05, 0) is 51.9 Å². The number of rotatable bonds is 6. The van der Waals surface area contributed by atoms with Gasteiger partial charge in [-0.25, -0.2) is 4.79 Å². The third-order valence-corrected chi connectivity index (χ3v) is 5.12. The number of amides is 3. The highest BCUT2D eigenvalue weighted by Gasteiger charge is 2.25. The summed E-state index contributed by atoms with van der Waals surface area (Å²) in [6, 6.07) is 7.05. The Morgan fingerprint density at radius 2 is 1.76 bits per heavy atom. The van der Waals surface area contributed by atoms with Crippen LogP contribution in [0.15, 0.2) is 24.3 Å². The molecule has 1 fully saturated rings. The van der Waals surface area contributed by atoms with E-state index in [1.807, 2.05) is 20.8 Å². The van der Waals surface area contributed by atoms with E-state index in [1.54, 1.807) is 24.3 Å². The first-order valence-corrected chi connectivity index (χ1v) is 10.4. The van der Waals surface area contributed by atoms with E-state index in [-0.39, 0.29) is 17.5 Å². The van der Waals surface area contributed by atoms with Gasteiger partial charge in [-0.15, -0.1) is 0 Å². The monoisotopic (exact) mass is 403 g/mol. The van der Waals surface area contributed by atoms with E-state index in [0.29, 0.717) is 29.8 Å². The summed E-state index contributed by atoms with van der Waals surface area (Å²) in [6.45, 7) is 14.9. The van der Waals surface area contributed by atoms with Crippen molar-refractivity contribution in [1.82, 2.24) is 20.4 Å². The SMILES string of the molecule is CC(C)C(CNC(=O)Nc1cccc(C(=O)NC(C)(C)C)c1)N1CCN(C)CC1. The van der Waals surface area contributed by atoms with Gasteiger partial charge in [0.05, 0.1) is 0 Å². The Morgan fingerprint density at radius 1 is 1.10 bits per heavy atom. The van der Waals surface area contributed by atoms with Gasteiger partial charge in [0.2, 0.25) is 0 Å². The largest absolute Gasteiger partial charge is 0.347 e. The summed E-state index contributed by atoms with van der Waals surface area (Å²) >= 11 is 0. The summed E-state index contributed by atoms with van der Waals surface area (Å²) in [4.78, 5) is 29.6. The van der Waals surface area contributed by atoms with Crippen LogP contribution in [0.5, 0.6) is 0 Å². The van der Waals surface area contributed by atoms with Crippen molar-refractivity contribution in [1.29, 1.82) is 0 Å². The molecule has 0 bridgehead atoms. The molecule has 2 rings (SSSR count). The van der Waals surface area contributed by atoms with Crippen LogP contribution < -0.4 is 16.0 Å². The molecule has 162 valence electrons. The van der Waals surface area contributed by atoms with E-state index in [2.05, 4.69) is 46.6 Å². The van der Waals surface area contributed by atoms with Crippen LogP contribution in [0, 0.1) is 5.92 Å². The average molecular weight is 404 g/mol. The Labute approximate surface area is 175 Å². The maximum absolute atomic E-state index is 12.4. The highest BCUT2D eigenvalue weighted by Crippen LogP contribution is 2.14. The molecule has 1 aromatic rings. The average Bonchev–Trinajstić information content (AvgIpc) is 2.62. The van der Waals surface area contributed by atoms with Crippen LogP contribution in [-0.2, 0) is 0 Å². The Bertz CT molecular complexity index is 691. The Kier molecular flexibility index (Phi) is 8.05. The number of carbonyl (C=O) groups is 2. The molecule has 1 aliphatic rings. The molecule has 29 heavy (non-hydrogen) atoms. The molecule has 3 N–H and O–H groups in total. The lowest BCUT2D eigenvalue weighted by molar-refractivity contribution is 0.0890. The Balaban J connectivity index is 1.91. The fraction of sp³-hybridized carbons (Fsp3) is 0.636. The number of likely N-dealkylation sites (N-methyl/N-ethyl adjacent to an activating group) is 1. The van der Waals surface area contributed by atoms with Gasteiger partial charge in [-0.1, -0.05) is 19.9 Å². The third-order valence-electron chi connectivity index (χ3n) is 5.12. The molecule has 0 aromatic heterocycles. The van der Waals surface area contributed by atoms with Crippen molar-refractivity contribution in [2.75, 3.05) is 45.1 Å². The van der Waals surface area contributed by atoms with E-state index in [0.717, 1.165) is 26.2 Å². The first-order chi connectivity index (χ1) is 13.5. The predicted molar refractivity (Wildman–Crippen MR) is 118 cm³/mol. The molecule has 7 heteroatoms. The summed E-state index contributed by atoms with van der Waals surface area (Å²) in [6.07, 6.45) is 0. The molecule has 1 saturated heterocycles. The van der Waals surface area contributed by atoms with E-state index in [9.17, 15) is 9.59 Å². The molecule has 1 aromatic carbocycles. The minimum Gasteiger partial charge on any atom is -0.347 e. The molecule has 1 aliphatic heterocycles. The number of piperazine rings is 1. The molecule has 1 heterocycles. The third kappa shape index (κ3) is 7.66. The van der Waals surface area contributed by atoms with Crippen LogP contribution >= 0.6 is 0 Å². The van der Waals surface area contributed by atoms with E-state index < -0.39 is 0 Å². The summed E-state index contributed by atoms with van der Waals surface area (Å²) < 4.78 is 0. The summed E-state index contributed by atoms with van der Waals surface area (Å²) in [5.74, 6) is 0.291. The molecule has 3 amide bonds. The van der Waals surface area contributed by atoms with Crippen LogP contribution in [0.25, 0.3) is 0 Å². The van der Waals surface area contributed by atoms with Gasteiger partial charge in [0, 0.05) is 55.6 Å². The molecular weight excluding hydrogens is 366 g/mol. The van der Waals surface area contributed by atoms with Gasteiger partial charge in [-0.3, -0.25) is 9.69 Å². The van der Waals surface area contributed by atoms with Crippen molar-refractivity contribution in [3.63, 3.8) is 0 Å². The predicted octanol–water partition coefficient (Wildman–Crippen LogP) is 2.61. The number of nitrogens with one attached hydrogen (secondary N) is 3. The molecule has 7 nitrogen and oxygen atoms in total. The minimum atomic E-state index is -0.312. The Hall–Kier alpha value is -2.12. The lowest BCUT2D eigenvalue weighted by atomic mass is 10.0. The number of carbonyl (C=O) groups excluding carboxylic acids is 2. The van der Waals surface area contributed by atoms with E-state index in [4.69, 9.17) is 0 Å². The molecule has 0 aliphatic carbocycles. The van der Waals surface area contributed by atoms with Gasteiger partial charge < -0.3 is 20.9 Å². The van der Waals surface area contributed by atoms with Crippen LogP contribution in [-0.4, -0.2) is 73.1 Å². The lowest BCUT2D eigenvalue weighted by Gasteiger charge is -2.39. The zero-order valence-electron chi connectivity index (χ0n) is 18.7. The number of nitrogens with zero attached hydrogens (tertiary/aromatic N) is 2. The second-order valence-corrected chi connectivity index (χ2v) is 9.27. The van der Waals surface area contributed by atoms with Crippen molar-refractivity contribution in [3.8, 4) is 0 Å². The van der Waals surface area contributed by atoms with Gasteiger partial charge >= 0.3 is 6.03 Å². The second kappa shape index (κ2) is 10.1. The molecule has 0 saturated carbocycles. The fourth-order valence-corrected chi connectivity index (χ4v) is 3.46. The standard InChI is InChI=1S/C22H37N5O2/c1-16(2)19(27-12-10-26(6)11-13-27)15-23-21(29)24-18-9-7-8-17(14-18)20(28)25-22(3,4)5/h7-9,14,16,19H,10-13,15H2,1-6H3,(H,25,28)(H2,23,24,29). The van der Waals surface area contributed by atoms with Gasteiger partial charge in [0.15, 0.2) is 0 Å². The van der Waals surface area contributed by atoms with Crippen LogP contribution in [0.3, 0.4) is 0 Å². The van der Waals surface area contributed by atoms with Gasteiger partial charge in [0.1, 0.15) is 0 Å². The zero-order valence-corrected chi connectivity index (χ0v) is 18.7. The topological polar surface area (TPSA) is 76.7 Å². The second-order valence-electron chi connectivity index (χ2n) is 9.27. The fourth-order valence-electron chi connectivity index (χ4n) is 3.46. The first kappa shape index (κ1) is 23.2. The maximum atomic E-state index is 12.4. The highest BCUT2D eigenvalue weighted by atomic mass is 16.2. The van der Waals surface area contributed by atoms with Crippen molar-refractivity contribution in [2.45, 2.75) is 46.2 Å². The van der Waals surface area contributed by atoms with Gasteiger partial charge in [-0.2, -0.15) is 0 Å². The minimum absolute atomic E-state index is 0.156. The number of hydrogen-bond donors (Lipinski definition) is 3. The maximum Gasteiger partial charge on any atom is 0.319 e. The van der Waals surface area contributed by atoms with Crippen molar-refractivity contribution >= 4 is 17.6 Å². The summed E-state index contributed by atoms with van der Waals surface area (Å²) in [7, 11) is 2.14. The number of anilines is 1.